The van der Waals surface area contributed by atoms with Gasteiger partial charge in [0, 0.05) is 13.1 Å². The van der Waals surface area contributed by atoms with Crippen LogP contribution in [0.25, 0.3) is 0 Å². The molecule has 0 aliphatic rings. The van der Waals surface area contributed by atoms with Crippen molar-refractivity contribution in [1.82, 2.24) is 10.2 Å². The van der Waals surface area contributed by atoms with Crippen molar-refractivity contribution in [2.24, 2.45) is 0 Å². The van der Waals surface area contributed by atoms with Gasteiger partial charge in [-0.2, -0.15) is 0 Å². The average molecular weight is 204 g/mol. The molecule has 0 aromatic rings. The summed E-state index contributed by atoms with van der Waals surface area (Å²) in [7, 11) is 5.10. The second-order valence-corrected chi connectivity index (χ2v) is 3.91. The molecule has 1 atom stereocenters. The van der Waals surface area contributed by atoms with E-state index in [9.17, 15) is 9.90 Å². The Bertz CT molecular complexity index is 181. The number of hydrogen-bond acceptors (Lipinski definition) is 5. The Morgan fingerprint density at radius 2 is 2.14 bits per heavy atom. The lowest BCUT2D eigenvalue weighted by Crippen LogP contribution is -2.46. The number of carbonyl (C=O) groups excluding carboxylic acids is 1. The lowest BCUT2D eigenvalue weighted by molar-refractivity contribution is -0.139. The van der Waals surface area contributed by atoms with E-state index in [-0.39, 0.29) is 12.5 Å². The van der Waals surface area contributed by atoms with Crippen molar-refractivity contribution in [2.45, 2.75) is 12.5 Å². The summed E-state index contributed by atoms with van der Waals surface area (Å²) in [6.45, 7) is 2.75. The number of likely N-dealkylation sites (N-methyl/N-ethyl adjacent to an activating group) is 1. The molecule has 0 heterocycles. The Labute approximate surface area is 85.0 Å². The Morgan fingerprint density at radius 1 is 1.57 bits per heavy atom. The molecule has 0 aliphatic carbocycles. The number of hydrogen-bond donors (Lipinski definition) is 2. The van der Waals surface area contributed by atoms with E-state index in [1.54, 1.807) is 6.92 Å². The molecule has 5 nitrogen and oxygen atoms in total. The van der Waals surface area contributed by atoms with Crippen LogP contribution in [0, 0.1) is 0 Å². The predicted octanol–water partition coefficient (Wildman–Crippen LogP) is -0.938. The smallest absolute Gasteiger partial charge is 0.319 e. The van der Waals surface area contributed by atoms with Crippen LogP contribution in [-0.4, -0.2) is 62.4 Å². The highest BCUT2D eigenvalue weighted by atomic mass is 16.5. The first-order valence-electron chi connectivity index (χ1n) is 4.52. The standard InChI is InChI=1S/C9H20N2O3/c1-9(13,7-11(2)3)6-10-5-8(12)14-4/h10,13H,5-7H2,1-4H3. The molecule has 0 saturated carbocycles. The molecule has 0 rings (SSSR count). The highest BCUT2D eigenvalue weighted by Crippen LogP contribution is 2.01. The van der Waals surface area contributed by atoms with Crippen molar-refractivity contribution in [3.05, 3.63) is 0 Å². The third-order valence-corrected chi connectivity index (χ3v) is 1.66. The molecule has 0 spiro atoms. The Balaban J connectivity index is 3.70. The first kappa shape index (κ1) is 13.4. The van der Waals surface area contributed by atoms with Gasteiger partial charge in [0.1, 0.15) is 0 Å². The van der Waals surface area contributed by atoms with Gasteiger partial charge in [-0.15, -0.1) is 0 Å². The van der Waals surface area contributed by atoms with Gasteiger partial charge in [0.25, 0.3) is 0 Å². The van der Waals surface area contributed by atoms with Gasteiger partial charge in [0.2, 0.25) is 0 Å². The number of aliphatic hydroxyl groups is 1. The van der Waals surface area contributed by atoms with Crippen molar-refractivity contribution in [3.8, 4) is 0 Å². The van der Waals surface area contributed by atoms with Crippen LogP contribution < -0.4 is 5.32 Å². The van der Waals surface area contributed by atoms with Crippen LogP contribution in [0.2, 0.25) is 0 Å². The molecule has 0 aromatic heterocycles. The van der Waals surface area contributed by atoms with Crippen molar-refractivity contribution in [3.63, 3.8) is 0 Å². The van der Waals surface area contributed by atoms with E-state index < -0.39 is 5.60 Å². The SMILES string of the molecule is COC(=O)CNCC(C)(O)CN(C)C. The molecule has 0 fully saturated rings. The van der Waals surface area contributed by atoms with E-state index in [1.807, 2.05) is 19.0 Å². The number of nitrogens with one attached hydrogen (secondary N) is 1. The first-order valence-corrected chi connectivity index (χ1v) is 4.52. The van der Waals surface area contributed by atoms with Crippen LogP contribution in [0.5, 0.6) is 0 Å². The van der Waals surface area contributed by atoms with Gasteiger partial charge in [-0.1, -0.05) is 0 Å². The monoisotopic (exact) mass is 204 g/mol. The van der Waals surface area contributed by atoms with Crippen LogP contribution >= 0.6 is 0 Å². The topological polar surface area (TPSA) is 61.8 Å². The van der Waals surface area contributed by atoms with E-state index in [4.69, 9.17) is 0 Å². The molecule has 5 heteroatoms. The third-order valence-electron chi connectivity index (χ3n) is 1.66. The summed E-state index contributed by atoms with van der Waals surface area (Å²) < 4.78 is 4.45. The molecule has 0 saturated heterocycles. The Kier molecular flexibility index (Phi) is 5.68. The quantitative estimate of drug-likeness (QED) is 0.547. The summed E-state index contributed by atoms with van der Waals surface area (Å²) in [5.74, 6) is -0.328. The summed E-state index contributed by atoms with van der Waals surface area (Å²) in [6, 6.07) is 0. The largest absolute Gasteiger partial charge is 0.468 e. The van der Waals surface area contributed by atoms with Crippen LogP contribution in [-0.2, 0) is 9.53 Å². The molecule has 0 amide bonds. The molecule has 1 unspecified atom stereocenters. The Morgan fingerprint density at radius 3 is 2.57 bits per heavy atom. The average Bonchev–Trinajstić information content (AvgIpc) is 2.01. The predicted molar refractivity (Wildman–Crippen MR) is 54.1 cm³/mol. The summed E-state index contributed by atoms with van der Waals surface area (Å²) in [4.78, 5) is 12.6. The normalized spacial score (nSPS) is 15.3. The van der Waals surface area contributed by atoms with Crippen LogP contribution in [0.4, 0.5) is 0 Å². The maximum Gasteiger partial charge on any atom is 0.319 e. The second kappa shape index (κ2) is 5.95. The van der Waals surface area contributed by atoms with E-state index in [0.717, 1.165) is 0 Å². The number of nitrogens with zero attached hydrogens (tertiary/aromatic N) is 1. The number of rotatable bonds is 6. The number of esters is 1. The van der Waals surface area contributed by atoms with Crippen LogP contribution in [0.1, 0.15) is 6.92 Å². The maximum atomic E-state index is 10.7. The molecule has 2 N–H and O–H groups in total. The molecular formula is C9H20N2O3. The lowest BCUT2D eigenvalue weighted by Gasteiger charge is -2.26. The molecule has 0 aromatic carbocycles. The van der Waals surface area contributed by atoms with E-state index >= 15 is 0 Å². The van der Waals surface area contributed by atoms with Gasteiger partial charge in [0.05, 0.1) is 19.3 Å². The summed E-state index contributed by atoms with van der Waals surface area (Å²) in [5.41, 5.74) is -0.836. The Hall–Kier alpha value is -0.650. The van der Waals surface area contributed by atoms with Crippen LogP contribution in [0.3, 0.4) is 0 Å². The minimum absolute atomic E-state index is 0.125. The van der Waals surface area contributed by atoms with E-state index in [1.165, 1.54) is 7.11 Å². The van der Waals surface area contributed by atoms with Gasteiger partial charge < -0.3 is 20.1 Å². The number of ether oxygens (including phenoxy) is 1. The first-order chi connectivity index (χ1) is 6.37. The second-order valence-electron chi connectivity index (χ2n) is 3.91. The molecule has 0 aliphatic heterocycles. The van der Waals surface area contributed by atoms with Gasteiger partial charge in [-0.05, 0) is 21.0 Å². The zero-order valence-electron chi connectivity index (χ0n) is 9.33. The molecule has 0 bridgehead atoms. The zero-order chi connectivity index (χ0) is 11.2. The fourth-order valence-corrected chi connectivity index (χ4v) is 1.24. The lowest BCUT2D eigenvalue weighted by atomic mass is 10.1. The van der Waals surface area contributed by atoms with Crippen molar-refractivity contribution < 1.29 is 14.6 Å². The summed E-state index contributed by atoms with van der Waals surface area (Å²) in [5, 5.41) is 12.6. The molecule has 84 valence electrons. The van der Waals surface area contributed by atoms with Gasteiger partial charge in [-0.3, -0.25) is 4.79 Å². The fraction of sp³-hybridized carbons (Fsp3) is 0.889. The zero-order valence-corrected chi connectivity index (χ0v) is 9.33. The summed E-state index contributed by atoms with van der Waals surface area (Å²) in [6.07, 6.45) is 0. The third kappa shape index (κ3) is 6.82. The maximum absolute atomic E-state index is 10.7. The minimum Gasteiger partial charge on any atom is -0.468 e. The highest BCUT2D eigenvalue weighted by Gasteiger charge is 2.20. The van der Waals surface area contributed by atoms with Crippen molar-refractivity contribution in [2.75, 3.05) is 40.8 Å². The van der Waals surface area contributed by atoms with Gasteiger partial charge in [0.15, 0.2) is 0 Å². The highest BCUT2D eigenvalue weighted by molar-refractivity contribution is 5.71. The van der Waals surface area contributed by atoms with E-state index in [0.29, 0.717) is 13.1 Å². The summed E-state index contributed by atoms with van der Waals surface area (Å²) >= 11 is 0. The molecule has 14 heavy (non-hydrogen) atoms. The van der Waals surface area contributed by atoms with Crippen molar-refractivity contribution in [1.29, 1.82) is 0 Å². The molecular weight excluding hydrogens is 184 g/mol. The van der Waals surface area contributed by atoms with Crippen LogP contribution in [0.15, 0.2) is 0 Å². The minimum atomic E-state index is -0.836. The fourth-order valence-electron chi connectivity index (χ4n) is 1.24. The molecule has 0 radical (unpaired) electrons. The van der Waals surface area contributed by atoms with Gasteiger partial charge in [-0.25, -0.2) is 0 Å². The van der Waals surface area contributed by atoms with Gasteiger partial charge >= 0.3 is 5.97 Å². The number of carbonyl (C=O) groups is 1. The van der Waals surface area contributed by atoms with E-state index in [2.05, 4.69) is 10.1 Å². The number of methoxy groups -OCH3 is 1. The van der Waals surface area contributed by atoms with Crippen molar-refractivity contribution >= 4 is 5.97 Å².